The van der Waals surface area contributed by atoms with Crippen LogP contribution in [0, 0.1) is 12.1 Å². The lowest BCUT2D eigenvalue weighted by Crippen LogP contribution is -1.59. The van der Waals surface area contributed by atoms with Crippen LogP contribution in [0.4, 0.5) is 4.39 Å². The van der Waals surface area contributed by atoms with Gasteiger partial charge in [0.1, 0.15) is 0 Å². The van der Waals surface area contributed by atoms with Gasteiger partial charge in [-0.25, -0.2) is 0 Å². The SMILES string of the molecule is CC.Cc1cc(F)sn1. The molecule has 52 valence electrons. The monoisotopic (exact) mass is 147 g/mol. The minimum absolute atomic E-state index is 0.211. The third-order valence-corrected chi connectivity index (χ3v) is 1.27. The number of halogens is 1. The van der Waals surface area contributed by atoms with Gasteiger partial charge in [-0.1, -0.05) is 13.8 Å². The fraction of sp³-hybridized carbons (Fsp3) is 0.500. The Labute approximate surface area is 58.7 Å². The van der Waals surface area contributed by atoms with Crippen LogP contribution in [-0.2, 0) is 0 Å². The Bertz CT molecular complexity index is 145. The first-order chi connectivity index (χ1) is 4.29. The molecule has 1 rings (SSSR count). The maximum Gasteiger partial charge on any atom is 0.195 e. The molecule has 0 saturated heterocycles. The highest BCUT2D eigenvalue weighted by Gasteiger charge is 1.90. The molecule has 0 aliphatic heterocycles. The average molecular weight is 147 g/mol. The van der Waals surface area contributed by atoms with Crippen molar-refractivity contribution in [3.05, 3.63) is 16.9 Å². The van der Waals surface area contributed by atoms with Crippen molar-refractivity contribution < 1.29 is 4.39 Å². The summed E-state index contributed by atoms with van der Waals surface area (Å²) in [5.74, 6) is 0. The summed E-state index contributed by atoms with van der Waals surface area (Å²) in [6.07, 6.45) is 0. The summed E-state index contributed by atoms with van der Waals surface area (Å²) in [7, 11) is 0. The summed E-state index contributed by atoms with van der Waals surface area (Å²) >= 11 is 0.888. The van der Waals surface area contributed by atoms with Crippen LogP contribution in [0.2, 0.25) is 0 Å². The van der Waals surface area contributed by atoms with E-state index in [1.165, 1.54) is 6.07 Å². The summed E-state index contributed by atoms with van der Waals surface area (Å²) in [6.45, 7) is 5.76. The summed E-state index contributed by atoms with van der Waals surface area (Å²) in [5.41, 5.74) is 0.752. The second-order valence-corrected chi connectivity index (χ2v) is 2.03. The molecule has 0 saturated carbocycles. The Morgan fingerprint density at radius 2 is 2.11 bits per heavy atom. The van der Waals surface area contributed by atoms with Crippen LogP contribution in [-0.4, -0.2) is 4.37 Å². The fourth-order valence-corrected chi connectivity index (χ4v) is 0.840. The first-order valence-electron chi connectivity index (χ1n) is 2.88. The fourth-order valence-electron chi connectivity index (χ4n) is 0.333. The van der Waals surface area contributed by atoms with Crippen molar-refractivity contribution in [1.82, 2.24) is 4.37 Å². The first-order valence-corrected chi connectivity index (χ1v) is 3.65. The molecule has 0 fully saturated rings. The number of hydrogen-bond acceptors (Lipinski definition) is 2. The van der Waals surface area contributed by atoms with E-state index in [1.54, 1.807) is 6.92 Å². The Morgan fingerprint density at radius 1 is 1.56 bits per heavy atom. The maximum absolute atomic E-state index is 11.9. The van der Waals surface area contributed by atoms with Gasteiger partial charge in [0.15, 0.2) is 5.13 Å². The van der Waals surface area contributed by atoms with E-state index in [-0.39, 0.29) is 5.13 Å². The molecular formula is C6H10FNS. The van der Waals surface area contributed by atoms with Crippen molar-refractivity contribution in [3.8, 4) is 0 Å². The lowest BCUT2D eigenvalue weighted by atomic mass is 10.5. The number of hydrogen-bond donors (Lipinski definition) is 0. The third-order valence-electron chi connectivity index (χ3n) is 0.599. The summed E-state index contributed by atoms with van der Waals surface area (Å²) in [5, 5.41) is -0.211. The number of nitrogens with zero attached hydrogens (tertiary/aromatic N) is 1. The van der Waals surface area contributed by atoms with Crippen LogP contribution in [0.15, 0.2) is 6.07 Å². The van der Waals surface area contributed by atoms with Gasteiger partial charge >= 0.3 is 0 Å². The first kappa shape index (κ1) is 8.56. The Balaban J connectivity index is 0.000000291. The lowest BCUT2D eigenvalue weighted by molar-refractivity contribution is 0.656. The van der Waals surface area contributed by atoms with E-state index < -0.39 is 0 Å². The molecule has 0 bridgehead atoms. The third kappa shape index (κ3) is 3.19. The minimum atomic E-state index is -0.211. The highest BCUT2D eigenvalue weighted by Crippen LogP contribution is 2.04. The summed E-state index contributed by atoms with van der Waals surface area (Å²) in [4.78, 5) is 0. The molecule has 0 spiro atoms. The van der Waals surface area contributed by atoms with E-state index in [2.05, 4.69) is 4.37 Å². The van der Waals surface area contributed by atoms with Crippen molar-refractivity contribution in [2.45, 2.75) is 20.8 Å². The molecule has 0 aliphatic rings. The van der Waals surface area contributed by atoms with Crippen LogP contribution in [0.1, 0.15) is 19.5 Å². The molecule has 0 N–H and O–H groups in total. The second kappa shape index (κ2) is 4.44. The molecule has 0 amide bonds. The minimum Gasteiger partial charge on any atom is -0.195 e. The maximum atomic E-state index is 11.9. The van der Waals surface area contributed by atoms with Gasteiger partial charge in [0.25, 0.3) is 0 Å². The molecule has 0 atom stereocenters. The van der Waals surface area contributed by atoms with Gasteiger partial charge in [-0.3, -0.25) is 0 Å². The average Bonchev–Trinajstić information content (AvgIpc) is 2.20. The largest absolute Gasteiger partial charge is 0.195 e. The second-order valence-electron chi connectivity index (χ2n) is 1.27. The van der Waals surface area contributed by atoms with Gasteiger partial charge in [0, 0.05) is 6.07 Å². The number of aromatic nitrogens is 1. The topological polar surface area (TPSA) is 12.9 Å². The lowest BCUT2D eigenvalue weighted by Gasteiger charge is -1.64. The standard InChI is InChI=1S/C4H4FNS.C2H6/c1-3-2-4(5)7-6-3;1-2/h2H,1H3;1-2H3. The Hall–Kier alpha value is -0.440. The number of aryl methyl sites for hydroxylation is 1. The van der Waals surface area contributed by atoms with Crippen LogP contribution >= 0.6 is 11.5 Å². The molecule has 9 heavy (non-hydrogen) atoms. The van der Waals surface area contributed by atoms with Crippen LogP contribution < -0.4 is 0 Å². The van der Waals surface area contributed by atoms with Gasteiger partial charge in [-0.05, 0) is 18.5 Å². The molecule has 3 heteroatoms. The van der Waals surface area contributed by atoms with E-state index in [0.29, 0.717) is 0 Å². The van der Waals surface area contributed by atoms with Gasteiger partial charge < -0.3 is 0 Å². The van der Waals surface area contributed by atoms with E-state index in [9.17, 15) is 4.39 Å². The van der Waals surface area contributed by atoms with Crippen molar-refractivity contribution >= 4 is 11.5 Å². The summed E-state index contributed by atoms with van der Waals surface area (Å²) < 4.78 is 15.6. The van der Waals surface area contributed by atoms with E-state index in [1.807, 2.05) is 13.8 Å². The molecule has 0 unspecified atom stereocenters. The summed E-state index contributed by atoms with van der Waals surface area (Å²) in [6, 6.07) is 1.41. The zero-order valence-corrected chi connectivity index (χ0v) is 6.63. The normalized spacial score (nSPS) is 8.00. The van der Waals surface area contributed by atoms with Gasteiger partial charge in [0.2, 0.25) is 0 Å². The zero-order chi connectivity index (χ0) is 7.28. The molecule has 0 aromatic carbocycles. The van der Waals surface area contributed by atoms with E-state index in [4.69, 9.17) is 0 Å². The quantitative estimate of drug-likeness (QED) is 0.549. The molecule has 1 nitrogen and oxygen atoms in total. The zero-order valence-electron chi connectivity index (χ0n) is 5.81. The molecule has 1 heterocycles. The number of rotatable bonds is 0. The molecular weight excluding hydrogens is 137 g/mol. The van der Waals surface area contributed by atoms with E-state index in [0.717, 1.165) is 17.2 Å². The van der Waals surface area contributed by atoms with Crippen LogP contribution in [0.5, 0.6) is 0 Å². The van der Waals surface area contributed by atoms with Crippen molar-refractivity contribution in [3.63, 3.8) is 0 Å². The van der Waals surface area contributed by atoms with Crippen LogP contribution in [0.3, 0.4) is 0 Å². The van der Waals surface area contributed by atoms with Gasteiger partial charge in [0.05, 0.1) is 5.69 Å². The van der Waals surface area contributed by atoms with Crippen molar-refractivity contribution in [2.75, 3.05) is 0 Å². The van der Waals surface area contributed by atoms with E-state index >= 15 is 0 Å². The van der Waals surface area contributed by atoms with Crippen molar-refractivity contribution in [1.29, 1.82) is 0 Å². The molecule has 0 aliphatic carbocycles. The Morgan fingerprint density at radius 3 is 2.22 bits per heavy atom. The predicted molar refractivity (Wildman–Crippen MR) is 38.2 cm³/mol. The highest BCUT2D eigenvalue weighted by molar-refractivity contribution is 7.03. The predicted octanol–water partition coefficient (Wildman–Crippen LogP) is 2.62. The molecule has 0 radical (unpaired) electrons. The van der Waals surface area contributed by atoms with Gasteiger partial charge in [-0.2, -0.15) is 8.76 Å². The molecule has 1 aromatic rings. The highest BCUT2D eigenvalue weighted by atomic mass is 32.1. The van der Waals surface area contributed by atoms with Gasteiger partial charge in [-0.15, -0.1) is 0 Å². The van der Waals surface area contributed by atoms with Crippen molar-refractivity contribution in [2.24, 2.45) is 0 Å². The smallest absolute Gasteiger partial charge is 0.195 e. The molecule has 1 aromatic heterocycles. The van der Waals surface area contributed by atoms with Crippen LogP contribution in [0.25, 0.3) is 0 Å². The Kier molecular flexibility index (Phi) is 4.22.